The lowest BCUT2D eigenvalue weighted by molar-refractivity contribution is 0.0935. The molecule has 0 aliphatic rings. The van der Waals surface area contributed by atoms with Gasteiger partial charge in [0.25, 0.3) is 5.91 Å². The Morgan fingerprint density at radius 2 is 1.31 bits per heavy atom. The Kier molecular flexibility index (Phi) is 7.59. The molecule has 0 bridgehead atoms. The summed E-state index contributed by atoms with van der Waals surface area (Å²) in [7, 11) is 4.81. The maximum absolute atomic E-state index is 14.0. The number of nitrogens with one attached hydrogen (secondary N) is 1. The molecule has 0 aliphatic carbocycles. The topological polar surface area (TPSA) is 74.6 Å². The summed E-state index contributed by atoms with van der Waals surface area (Å²) in [6.45, 7) is 0. The number of carbonyl (C=O) groups is 1. The number of hydrogen-bond acceptors (Lipinski definition) is 5. The molecule has 1 heterocycles. The zero-order valence-corrected chi connectivity index (χ0v) is 22.0. The highest BCUT2D eigenvalue weighted by Gasteiger charge is 2.23. The average Bonchev–Trinajstić information content (AvgIpc) is 3.46. The minimum absolute atomic E-state index is 0.269. The van der Waals surface area contributed by atoms with Gasteiger partial charge in [0.15, 0.2) is 0 Å². The van der Waals surface area contributed by atoms with Crippen molar-refractivity contribution in [1.82, 2.24) is 15.1 Å². The van der Waals surface area contributed by atoms with Gasteiger partial charge in [0.2, 0.25) is 0 Å². The van der Waals surface area contributed by atoms with Gasteiger partial charge in [0.1, 0.15) is 22.9 Å². The quantitative estimate of drug-likeness (QED) is 0.255. The Labute approximate surface area is 227 Å². The first-order valence-corrected chi connectivity index (χ1v) is 12.5. The van der Waals surface area contributed by atoms with E-state index in [0.29, 0.717) is 28.6 Å². The smallest absolute Gasteiger partial charge is 0.270 e. The lowest BCUT2D eigenvalue weighted by atomic mass is 9.98. The number of rotatable bonds is 9. The van der Waals surface area contributed by atoms with Gasteiger partial charge >= 0.3 is 0 Å². The van der Waals surface area contributed by atoms with Crippen LogP contribution in [0.3, 0.4) is 0 Å². The van der Waals surface area contributed by atoms with Crippen LogP contribution in [0.2, 0.25) is 0 Å². The van der Waals surface area contributed by atoms with Gasteiger partial charge < -0.3 is 19.5 Å². The molecule has 5 aromatic rings. The molecule has 0 atom stereocenters. The second-order valence-corrected chi connectivity index (χ2v) is 8.82. The van der Waals surface area contributed by atoms with Crippen molar-refractivity contribution in [1.29, 1.82) is 0 Å². The predicted octanol–water partition coefficient (Wildman–Crippen LogP) is 6.08. The molecule has 1 N–H and O–H groups in total. The Bertz CT molecular complexity index is 1510. The molecule has 196 valence electrons. The zero-order valence-electron chi connectivity index (χ0n) is 22.0. The molecule has 7 heteroatoms. The van der Waals surface area contributed by atoms with Crippen LogP contribution in [0, 0.1) is 0 Å². The highest BCUT2D eigenvalue weighted by Crippen LogP contribution is 2.34. The largest absolute Gasteiger partial charge is 0.497 e. The fraction of sp³-hybridized carbons (Fsp3) is 0.125. The van der Waals surface area contributed by atoms with E-state index in [1.807, 2.05) is 97.1 Å². The van der Waals surface area contributed by atoms with Crippen molar-refractivity contribution in [3.05, 3.63) is 126 Å². The summed E-state index contributed by atoms with van der Waals surface area (Å²) in [6.07, 6.45) is 0. The van der Waals surface area contributed by atoms with Crippen LogP contribution in [0.15, 0.2) is 109 Å². The van der Waals surface area contributed by atoms with E-state index in [4.69, 9.17) is 19.3 Å². The zero-order chi connectivity index (χ0) is 27.2. The molecule has 39 heavy (non-hydrogen) atoms. The van der Waals surface area contributed by atoms with Crippen LogP contribution >= 0.6 is 0 Å². The lowest BCUT2D eigenvalue weighted by Crippen LogP contribution is -2.31. The monoisotopic (exact) mass is 519 g/mol. The maximum Gasteiger partial charge on any atom is 0.270 e. The average molecular weight is 520 g/mol. The summed E-state index contributed by atoms with van der Waals surface area (Å²) < 4.78 is 17.9. The third-order valence-electron chi connectivity index (χ3n) is 6.48. The lowest BCUT2D eigenvalue weighted by Gasteiger charge is -2.20. The number of ether oxygens (including phenoxy) is 3. The first kappa shape index (κ1) is 25.6. The van der Waals surface area contributed by atoms with E-state index in [-0.39, 0.29) is 11.9 Å². The number of methoxy groups -OCH3 is 3. The SMILES string of the molecule is COc1ccc(-n2nc(-c3ccc(OC)cc3OC)cc2C(=O)NC(c2ccccc2)c2ccccc2)cc1. The summed E-state index contributed by atoms with van der Waals surface area (Å²) >= 11 is 0. The molecule has 0 unspecified atom stereocenters. The van der Waals surface area contributed by atoms with Gasteiger partial charge in [-0.3, -0.25) is 4.79 Å². The normalized spacial score (nSPS) is 10.8. The van der Waals surface area contributed by atoms with Crippen LogP contribution < -0.4 is 19.5 Å². The van der Waals surface area contributed by atoms with Crippen LogP contribution in [0.4, 0.5) is 0 Å². The number of amides is 1. The van der Waals surface area contributed by atoms with Gasteiger partial charge in [-0.1, -0.05) is 60.7 Å². The summed E-state index contributed by atoms with van der Waals surface area (Å²) in [6, 6.07) is 34.1. The minimum Gasteiger partial charge on any atom is -0.497 e. The van der Waals surface area contributed by atoms with E-state index < -0.39 is 0 Å². The first-order chi connectivity index (χ1) is 19.1. The molecular formula is C32H29N3O4. The van der Waals surface area contributed by atoms with Gasteiger partial charge in [-0.25, -0.2) is 4.68 Å². The van der Waals surface area contributed by atoms with E-state index >= 15 is 0 Å². The second kappa shape index (κ2) is 11.6. The van der Waals surface area contributed by atoms with Crippen LogP contribution in [0.25, 0.3) is 16.9 Å². The second-order valence-electron chi connectivity index (χ2n) is 8.82. The highest BCUT2D eigenvalue weighted by molar-refractivity contribution is 5.95. The van der Waals surface area contributed by atoms with Gasteiger partial charge in [0.05, 0.1) is 38.8 Å². The van der Waals surface area contributed by atoms with Gasteiger partial charge in [-0.15, -0.1) is 0 Å². The molecule has 1 aromatic heterocycles. The summed E-state index contributed by atoms with van der Waals surface area (Å²) in [4.78, 5) is 14.0. The molecule has 4 aromatic carbocycles. The molecule has 0 aliphatic heterocycles. The van der Waals surface area contributed by atoms with Crippen molar-refractivity contribution in [2.45, 2.75) is 6.04 Å². The molecule has 0 fully saturated rings. The van der Waals surface area contributed by atoms with E-state index in [1.165, 1.54) is 0 Å². The summed E-state index contributed by atoms with van der Waals surface area (Å²) in [5.41, 5.74) is 4.38. The Morgan fingerprint density at radius 1 is 0.718 bits per heavy atom. The Hall–Kier alpha value is -5.04. The molecule has 1 amide bonds. The summed E-state index contributed by atoms with van der Waals surface area (Å²) in [5.74, 6) is 1.70. The van der Waals surface area contributed by atoms with Crippen molar-refractivity contribution in [2.75, 3.05) is 21.3 Å². The van der Waals surface area contributed by atoms with Crippen molar-refractivity contribution in [2.24, 2.45) is 0 Å². The molecule has 0 radical (unpaired) electrons. The van der Waals surface area contributed by atoms with E-state index in [9.17, 15) is 4.79 Å². The van der Waals surface area contributed by atoms with Crippen molar-refractivity contribution >= 4 is 5.91 Å². The number of nitrogens with zero attached hydrogens (tertiary/aromatic N) is 2. The molecular weight excluding hydrogens is 490 g/mol. The molecule has 7 nitrogen and oxygen atoms in total. The first-order valence-electron chi connectivity index (χ1n) is 12.5. The van der Waals surface area contributed by atoms with E-state index in [1.54, 1.807) is 38.1 Å². The van der Waals surface area contributed by atoms with Crippen LogP contribution in [0.1, 0.15) is 27.7 Å². The molecule has 0 saturated heterocycles. The standard InChI is InChI=1S/C32H29N3O4/c1-37-25-16-14-24(15-17-25)35-29(21-28(34-35)27-19-18-26(38-2)20-30(27)39-3)32(36)33-31(22-10-6-4-7-11-22)23-12-8-5-9-13-23/h4-21,31H,1-3H3,(H,33,36). The number of aromatic nitrogens is 2. The van der Waals surface area contributed by atoms with Crippen molar-refractivity contribution in [3.63, 3.8) is 0 Å². The van der Waals surface area contributed by atoms with Gasteiger partial charge in [-0.2, -0.15) is 5.10 Å². The summed E-state index contributed by atoms with van der Waals surface area (Å²) in [5, 5.41) is 8.07. The number of hydrogen-bond donors (Lipinski definition) is 1. The number of benzene rings is 4. The van der Waals surface area contributed by atoms with Gasteiger partial charge in [0, 0.05) is 11.6 Å². The Morgan fingerprint density at radius 3 is 1.87 bits per heavy atom. The van der Waals surface area contributed by atoms with E-state index in [2.05, 4.69) is 5.32 Å². The fourth-order valence-corrected chi connectivity index (χ4v) is 4.46. The van der Waals surface area contributed by atoms with Crippen LogP contribution in [0.5, 0.6) is 17.2 Å². The molecule has 0 spiro atoms. The molecule has 0 saturated carbocycles. The fourth-order valence-electron chi connectivity index (χ4n) is 4.46. The van der Waals surface area contributed by atoms with Gasteiger partial charge in [-0.05, 0) is 53.6 Å². The third kappa shape index (κ3) is 5.48. The van der Waals surface area contributed by atoms with Crippen LogP contribution in [-0.2, 0) is 0 Å². The van der Waals surface area contributed by atoms with Crippen molar-refractivity contribution < 1.29 is 19.0 Å². The van der Waals surface area contributed by atoms with Crippen LogP contribution in [-0.4, -0.2) is 37.0 Å². The van der Waals surface area contributed by atoms with E-state index in [0.717, 1.165) is 22.4 Å². The highest BCUT2D eigenvalue weighted by atomic mass is 16.5. The van der Waals surface area contributed by atoms with Crippen molar-refractivity contribution in [3.8, 4) is 34.2 Å². The third-order valence-corrected chi connectivity index (χ3v) is 6.48. The number of carbonyl (C=O) groups excluding carboxylic acids is 1. The maximum atomic E-state index is 14.0. The molecule has 5 rings (SSSR count). The predicted molar refractivity (Wildman–Crippen MR) is 151 cm³/mol. The minimum atomic E-state index is -0.349. The Balaban J connectivity index is 1.59.